The van der Waals surface area contributed by atoms with Crippen LogP contribution in [0.15, 0.2) is 42.5 Å². The van der Waals surface area contributed by atoms with Crippen molar-refractivity contribution in [2.45, 2.75) is 69.9 Å². The summed E-state index contributed by atoms with van der Waals surface area (Å²) < 4.78 is 38.5. The van der Waals surface area contributed by atoms with Crippen molar-refractivity contribution in [3.05, 3.63) is 64.2 Å². The van der Waals surface area contributed by atoms with Gasteiger partial charge in [-0.05, 0) is 61.4 Å². The molecule has 4 aliphatic rings. The summed E-state index contributed by atoms with van der Waals surface area (Å²) in [5.74, 6) is -0.210. The topological polar surface area (TPSA) is 101 Å². The van der Waals surface area contributed by atoms with Crippen LogP contribution in [-0.4, -0.2) is 126 Å². The highest BCUT2D eigenvalue weighted by Gasteiger charge is 2.37. The van der Waals surface area contributed by atoms with E-state index in [0.717, 1.165) is 22.4 Å². The lowest BCUT2D eigenvalue weighted by atomic mass is 9.99. The van der Waals surface area contributed by atoms with Crippen molar-refractivity contribution in [3.63, 3.8) is 0 Å². The van der Waals surface area contributed by atoms with E-state index in [4.69, 9.17) is 16.4 Å². The van der Waals surface area contributed by atoms with Crippen LogP contribution >= 0.6 is 11.6 Å². The Kier molecular flexibility index (Phi) is 11.4. The van der Waals surface area contributed by atoms with Crippen molar-refractivity contribution in [1.82, 2.24) is 30.0 Å². The number of nitrogens with zero attached hydrogens (tertiary/aromatic N) is 5. The molecule has 0 bridgehead atoms. The maximum absolute atomic E-state index is 13.9. The van der Waals surface area contributed by atoms with Gasteiger partial charge >= 0.3 is 18.3 Å². The van der Waals surface area contributed by atoms with Crippen LogP contribution in [0.25, 0.3) is 0 Å². The van der Waals surface area contributed by atoms with Crippen LogP contribution in [0.3, 0.4) is 0 Å². The summed E-state index contributed by atoms with van der Waals surface area (Å²) in [4.78, 5) is 52.9. The summed E-state index contributed by atoms with van der Waals surface area (Å²) in [7, 11) is 0. The fourth-order valence-corrected chi connectivity index (χ4v) is 7.65. The SMILES string of the molecule is Cc1cc(CC(NC(=O)ON2CCC(N3Cc4ccccc4NC3=O)CC2)C(=O)N2CCC(N3CCN(CC(F)(F)F)CC3)CC2)ccc1Cl. The Bertz CT molecular complexity index is 1520. The number of alkyl halides is 3. The Labute approximate surface area is 295 Å². The average molecular weight is 720 g/mol. The molecule has 6 rings (SSSR count). The molecule has 0 aromatic heterocycles. The molecule has 3 fully saturated rings. The quantitative estimate of drug-likeness (QED) is 0.401. The predicted octanol–water partition coefficient (Wildman–Crippen LogP) is 4.88. The summed E-state index contributed by atoms with van der Waals surface area (Å²) in [6.07, 6.45) is -2.00. The number of rotatable bonds is 8. The smallest absolute Gasteiger partial charge is 0.351 e. The molecule has 2 N–H and O–H groups in total. The molecule has 4 aliphatic heterocycles. The first-order chi connectivity index (χ1) is 23.9. The average Bonchev–Trinajstić information content (AvgIpc) is 3.09. The Morgan fingerprint density at radius 2 is 1.64 bits per heavy atom. The number of benzene rings is 2. The number of urea groups is 1. The van der Waals surface area contributed by atoms with Gasteiger partial charge in [0, 0.05) is 88.1 Å². The Balaban J connectivity index is 1.02. The minimum absolute atomic E-state index is 0.000396. The molecule has 1 atom stereocenters. The van der Waals surface area contributed by atoms with Gasteiger partial charge in [0.05, 0.1) is 6.54 Å². The van der Waals surface area contributed by atoms with Crippen molar-refractivity contribution in [2.24, 2.45) is 0 Å². The lowest BCUT2D eigenvalue weighted by molar-refractivity contribution is -0.150. The number of hydroxylamine groups is 2. The molecule has 0 saturated carbocycles. The highest BCUT2D eigenvalue weighted by Crippen LogP contribution is 2.28. The zero-order chi connectivity index (χ0) is 35.4. The maximum atomic E-state index is 13.9. The predicted molar refractivity (Wildman–Crippen MR) is 183 cm³/mol. The third kappa shape index (κ3) is 9.19. The Morgan fingerprint density at radius 1 is 0.960 bits per heavy atom. The summed E-state index contributed by atoms with van der Waals surface area (Å²) in [5.41, 5.74) is 3.60. The molecular formula is C35H45ClF3N7O4. The van der Waals surface area contributed by atoms with Crippen molar-refractivity contribution in [2.75, 3.05) is 64.2 Å². The van der Waals surface area contributed by atoms with Gasteiger partial charge in [0.2, 0.25) is 5.91 Å². The van der Waals surface area contributed by atoms with Gasteiger partial charge in [0.15, 0.2) is 0 Å². The molecule has 0 radical (unpaired) electrons. The molecule has 0 spiro atoms. The monoisotopic (exact) mass is 719 g/mol. The number of carbonyl (C=O) groups is 3. The highest BCUT2D eigenvalue weighted by molar-refractivity contribution is 6.31. The second-order valence-electron chi connectivity index (χ2n) is 13.7. The number of hydrogen-bond acceptors (Lipinski definition) is 7. The lowest BCUT2D eigenvalue weighted by Gasteiger charge is -2.43. The van der Waals surface area contributed by atoms with Crippen LogP contribution in [0.1, 0.15) is 42.4 Å². The minimum Gasteiger partial charge on any atom is -0.351 e. The normalized spacial score (nSPS) is 21.0. The van der Waals surface area contributed by atoms with E-state index in [-0.39, 0.29) is 30.4 Å². The van der Waals surface area contributed by atoms with Crippen molar-refractivity contribution in [3.8, 4) is 0 Å². The van der Waals surface area contributed by atoms with E-state index in [1.165, 1.54) is 4.90 Å². The lowest BCUT2D eigenvalue weighted by Crippen LogP contribution is -2.57. The van der Waals surface area contributed by atoms with Gasteiger partial charge in [-0.1, -0.05) is 41.9 Å². The number of fused-ring (bicyclic) bond motifs is 1. The fourth-order valence-electron chi connectivity index (χ4n) is 7.53. The van der Waals surface area contributed by atoms with E-state index in [2.05, 4.69) is 15.5 Å². The van der Waals surface area contributed by atoms with Crippen LogP contribution in [0, 0.1) is 6.92 Å². The number of amides is 4. The van der Waals surface area contributed by atoms with E-state index in [1.54, 1.807) is 16.0 Å². The first kappa shape index (κ1) is 36.2. The van der Waals surface area contributed by atoms with Gasteiger partial charge in [0.1, 0.15) is 6.04 Å². The highest BCUT2D eigenvalue weighted by atomic mass is 35.5. The Hall–Kier alpha value is -3.59. The first-order valence-electron chi connectivity index (χ1n) is 17.4. The maximum Gasteiger partial charge on any atom is 0.426 e. The van der Waals surface area contributed by atoms with E-state index >= 15 is 0 Å². The Morgan fingerprint density at radius 3 is 2.32 bits per heavy atom. The zero-order valence-corrected chi connectivity index (χ0v) is 29.0. The number of likely N-dealkylation sites (tertiary alicyclic amines) is 1. The molecule has 3 saturated heterocycles. The number of carbonyl (C=O) groups excluding carboxylic acids is 3. The first-order valence-corrected chi connectivity index (χ1v) is 17.8. The second kappa shape index (κ2) is 15.7. The van der Waals surface area contributed by atoms with E-state index < -0.39 is 24.9 Å². The van der Waals surface area contributed by atoms with Crippen LogP contribution in [0.5, 0.6) is 0 Å². The molecule has 2 aromatic carbocycles. The van der Waals surface area contributed by atoms with Gasteiger partial charge in [-0.15, -0.1) is 5.06 Å². The fraction of sp³-hybridized carbons (Fsp3) is 0.571. The number of hydrogen-bond donors (Lipinski definition) is 2. The van der Waals surface area contributed by atoms with Gasteiger partial charge in [-0.3, -0.25) is 14.6 Å². The molecule has 0 aliphatic carbocycles. The number of aryl methyl sites for hydroxylation is 1. The molecule has 272 valence electrons. The third-order valence-corrected chi connectivity index (χ3v) is 10.7. The van der Waals surface area contributed by atoms with E-state index in [1.807, 2.05) is 48.2 Å². The van der Waals surface area contributed by atoms with E-state index in [9.17, 15) is 27.6 Å². The molecule has 15 heteroatoms. The van der Waals surface area contributed by atoms with Crippen LogP contribution in [0.2, 0.25) is 5.02 Å². The van der Waals surface area contributed by atoms with Gasteiger partial charge in [0.25, 0.3) is 0 Å². The van der Waals surface area contributed by atoms with Gasteiger partial charge in [-0.2, -0.15) is 13.2 Å². The summed E-state index contributed by atoms with van der Waals surface area (Å²) in [6.45, 7) is 5.25. The molecular weight excluding hydrogens is 675 g/mol. The number of anilines is 1. The zero-order valence-electron chi connectivity index (χ0n) is 28.3. The number of nitrogens with one attached hydrogen (secondary N) is 2. The summed E-state index contributed by atoms with van der Waals surface area (Å²) >= 11 is 6.25. The van der Waals surface area contributed by atoms with E-state index in [0.29, 0.717) is 89.6 Å². The second-order valence-corrected chi connectivity index (χ2v) is 14.1. The van der Waals surface area contributed by atoms with Gasteiger partial charge in [-0.25, -0.2) is 9.59 Å². The van der Waals surface area contributed by atoms with Crippen molar-refractivity contribution in [1.29, 1.82) is 0 Å². The number of piperazine rings is 1. The molecule has 4 amide bonds. The molecule has 1 unspecified atom stereocenters. The van der Waals surface area contributed by atoms with Crippen LogP contribution in [-0.2, 0) is 22.6 Å². The number of halogens is 4. The molecule has 2 aromatic rings. The number of para-hydroxylation sites is 1. The standard InChI is InChI=1S/C35H45ClF3N7O4/c1-24-20-25(6-7-29(24)36)21-31(32(47)44-12-8-27(9-13-44)43-18-16-42(17-19-43)23-35(37,38)39)41-34(49)50-45-14-10-28(11-15-45)46-22-26-4-2-3-5-30(26)40-33(46)48/h2-7,20,27-28,31H,8-19,21-23H2,1H3,(H,40,48)(H,41,49). The third-order valence-electron chi connectivity index (χ3n) is 10.3. The summed E-state index contributed by atoms with van der Waals surface area (Å²) in [5, 5.41) is 7.98. The largest absolute Gasteiger partial charge is 0.426 e. The van der Waals surface area contributed by atoms with Crippen molar-refractivity contribution < 1.29 is 32.4 Å². The molecule has 11 nitrogen and oxygen atoms in total. The van der Waals surface area contributed by atoms with Crippen LogP contribution in [0.4, 0.5) is 28.4 Å². The minimum atomic E-state index is -4.20. The van der Waals surface area contributed by atoms with Crippen LogP contribution < -0.4 is 10.6 Å². The summed E-state index contributed by atoms with van der Waals surface area (Å²) in [6, 6.07) is 12.4. The number of piperidine rings is 2. The molecule has 50 heavy (non-hydrogen) atoms. The van der Waals surface area contributed by atoms with Gasteiger partial charge < -0.3 is 25.3 Å². The van der Waals surface area contributed by atoms with Crippen molar-refractivity contribution >= 4 is 35.3 Å². The molecule has 4 heterocycles.